The average molecular weight is 376 g/mol. The van der Waals surface area contributed by atoms with Crippen LogP contribution in [-0.2, 0) is 13.1 Å². The van der Waals surface area contributed by atoms with Gasteiger partial charge in [-0.25, -0.2) is 4.39 Å². The van der Waals surface area contributed by atoms with Gasteiger partial charge in [0.2, 0.25) is 0 Å². The number of rotatable bonds is 4. The summed E-state index contributed by atoms with van der Waals surface area (Å²) in [6.07, 6.45) is 3.54. The van der Waals surface area contributed by atoms with Crippen LogP contribution in [0.15, 0.2) is 48.8 Å². The smallest absolute Gasteiger partial charge is 0.127 e. The van der Waals surface area contributed by atoms with Crippen LogP contribution in [0.1, 0.15) is 11.1 Å². The van der Waals surface area contributed by atoms with Gasteiger partial charge in [-0.2, -0.15) is 0 Å². The highest BCUT2D eigenvalue weighted by Crippen LogP contribution is 2.05. The monoisotopic (exact) mass is 374 g/mol. The lowest BCUT2D eigenvalue weighted by Gasteiger charge is -2.05. The zero-order valence-electron chi connectivity index (χ0n) is 9.61. The molecule has 2 nitrogen and oxygen atoms in total. The molecular formula is C13H13Br2FN2-2. The van der Waals surface area contributed by atoms with Gasteiger partial charge in [0.15, 0.2) is 0 Å². The predicted octanol–water partition coefficient (Wildman–Crippen LogP) is -3.48. The van der Waals surface area contributed by atoms with Crippen molar-refractivity contribution in [2.75, 3.05) is 0 Å². The molecule has 0 unspecified atom stereocenters. The Morgan fingerprint density at radius 3 is 2.44 bits per heavy atom. The van der Waals surface area contributed by atoms with Crippen molar-refractivity contribution in [2.45, 2.75) is 13.1 Å². The molecule has 0 atom stereocenters. The van der Waals surface area contributed by atoms with E-state index in [-0.39, 0.29) is 39.8 Å². The fourth-order valence-corrected chi connectivity index (χ4v) is 1.49. The molecule has 1 heterocycles. The van der Waals surface area contributed by atoms with Crippen LogP contribution in [-0.4, -0.2) is 4.98 Å². The van der Waals surface area contributed by atoms with E-state index in [4.69, 9.17) is 0 Å². The van der Waals surface area contributed by atoms with E-state index < -0.39 is 0 Å². The van der Waals surface area contributed by atoms with Crippen molar-refractivity contribution in [2.24, 2.45) is 0 Å². The molecule has 1 aromatic carbocycles. The Morgan fingerprint density at radius 2 is 1.78 bits per heavy atom. The van der Waals surface area contributed by atoms with Crippen LogP contribution in [0, 0.1) is 5.82 Å². The maximum Gasteiger partial charge on any atom is 0.127 e. The first kappa shape index (κ1) is 17.2. The second-order valence-electron chi connectivity index (χ2n) is 3.56. The summed E-state index contributed by atoms with van der Waals surface area (Å²) in [4.78, 5) is 4.01. The summed E-state index contributed by atoms with van der Waals surface area (Å²) in [5.41, 5.74) is 1.78. The van der Waals surface area contributed by atoms with Crippen LogP contribution < -0.4 is 39.3 Å². The first-order chi connectivity index (χ1) is 7.86. The Morgan fingerprint density at radius 1 is 1.00 bits per heavy atom. The summed E-state index contributed by atoms with van der Waals surface area (Å²) in [7, 11) is 0. The van der Waals surface area contributed by atoms with E-state index in [0.29, 0.717) is 18.7 Å². The van der Waals surface area contributed by atoms with Crippen LogP contribution in [0.4, 0.5) is 4.39 Å². The summed E-state index contributed by atoms with van der Waals surface area (Å²) in [6, 6.07) is 10.7. The van der Waals surface area contributed by atoms with Gasteiger partial charge >= 0.3 is 0 Å². The van der Waals surface area contributed by atoms with Crippen molar-refractivity contribution in [1.29, 1.82) is 0 Å². The van der Waals surface area contributed by atoms with Gasteiger partial charge in [0.1, 0.15) is 5.82 Å². The Kier molecular flexibility index (Phi) is 8.79. The van der Waals surface area contributed by atoms with Gasteiger partial charge in [-0.05, 0) is 17.7 Å². The third kappa shape index (κ3) is 5.25. The lowest BCUT2D eigenvalue weighted by Crippen LogP contribution is -3.00. The van der Waals surface area contributed by atoms with Crippen LogP contribution in [0.2, 0.25) is 0 Å². The van der Waals surface area contributed by atoms with Crippen molar-refractivity contribution in [1.82, 2.24) is 10.3 Å². The van der Waals surface area contributed by atoms with E-state index in [2.05, 4.69) is 10.3 Å². The van der Waals surface area contributed by atoms with Gasteiger partial charge in [0.05, 0.1) is 0 Å². The lowest BCUT2D eigenvalue weighted by atomic mass is 10.2. The number of hydrogen-bond donors (Lipinski definition) is 1. The van der Waals surface area contributed by atoms with Crippen molar-refractivity contribution in [3.8, 4) is 0 Å². The summed E-state index contributed by atoms with van der Waals surface area (Å²) >= 11 is 0. The largest absolute Gasteiger partial charge is 1.00 e. The van der Waals surface area contributed by atoms with Gasteiger partial charge in [-0.15, -0.1) is 0 Å². The van der Waals surface area contributed by atoms with E-state index >= 15 is 0 Å². The van der Waals surface area contributed by atoms with Crippen LogP contribution in [0.3, 0.4) is 0 Å². The number of nitrogens with zero attached hydrogens (tertiary/aromatic N) is 1. The highest BCUT2D eigenvalue weighted by atomic mass is 79.9. The first-order valence-corrected chi connectivity index (χ1v) is 5.19. The Bertz CT molecular complexity index is 452. The summed E-state index contributed by atoms with van der Waals surface area (Å²) in [6.45, 7) is 1.23. The highest BCUT2D eigenvalue weighted by Gasteiger charge is 1.99. The van der Waals surface area contributed by atoms with Gasteiger partial charge in [0, 0.05) is 31.0 Å². The second kappa shape index (κ2) is 9.19. The average Bonchev–Trinajstić information content (AvgIpc) is 2.33. The molecule has 0 aliphatic rings. The molecule has 2 aromatic rings. The van der Waals surface area contributed by atoms with Crippen molar-refractivity contribution in [3.63, 3.8) is 0 Å². The number of hydrogen-bond acceptors (Lipinski definition) is 2. The molecule has 98 valence electrons. The van der Waals surface area contributed by atoms with Gasteiger partial charge < -0.3 is 39.3 Å². The molecular weight excluding hydrogens is 363 g/mol. The Hall–Kier alpha value is -0.780. The number of halogens is 3. The summed E-state index contributed by atoms with van der Waals surface area (Å²) < 4.78 is 13.3. The quantitative estimate of drug-likeness (QED) is 0.600. The highest BCUT2D eigenvalue weighted by molar-refractivity contribution is 5.17. The van der Waals surface area contributed by atoms with Gasteiger partial charge in [0.25, 0.3) is 0 Å². The molecule has 18 heavy (non-hydrogen) atoms. The topological polar surface area (TPSA) is 24.9 Å². The number of pyridine rings is 1. The number of nitrogens with one attached hydrogen (secondary N) is 1. The standard InChI is InChI=1S/C13H13FN2.2BrH/c14-13-6-2-1-5-12(13)10-16-9-11-4-3-7-15-8-11;;/h1-8,16H,9-10H2;2*1H/p-2. The van der Waals surface area contributed by atoms with Crippen molar-refractivity contribution in [3.05, 3.63) is 65.7 Å². The Labute approximate surface area is 127 Å². The van der Waals surface area contributed by atoms with Crippen molar-refractivity contribution < 1.29 is 38.4 Å². The normalized spacial score (nSPS) is 9.17. The number of benzene rings is 1. The zero-order chi connectivity index (χ0) is 11.2. The second-order valence-corrected chi connectivity index (χ2v) is 3.56. The molecule has 0 radical (unpaired) electrons. The predicted molar refractivity (Wildman–Crippen MR) is 61.2 cm³/mol. The molecule has 0 spiro atoms. The SMILES string of the molecule is Fc1ccccc1CNCc1cccnc1.[Br-].[Br-]. The van der Waals surface area contributed by atoms with Crippen LogP contribution >= 0.6 is 0 Å². The van der Waals surface area contributed by atoms with E-state index in [9.17, 15) is 4.39 Å². The van der Waals surface area contributed by atoms with Gasteiger partial charge in [-0.1, -0.05) is 24.3 Å². The summed E-state index contributed by atoms with van der Waals surface area (Å²) in [5, 5.41) is 3.18. The van der Waals surface area contributed by atoms with E-state index in [1.54, 1.807) is 24.5 Å². The minimum atomic E-state index is -0.166. The molecule has 5 heteroatoms. The minimum absolute atomic E-state index is 0. The maximum atomic E-state index is 13.3. The molecule has 1 aromatic heterocycles. The van der Waals surface area contributed by atoms with Crippen molar-refractivity contribution >= 4 is 0 Å². The molecule has 0 saturated carbocycles. The Balaban J connectivity index is 0.00000144. The van der Waals surface area contributed by atoms with E-state index in [1.807, 2.05) is 18.2 Å². The fraction of sp³-hybridized carbons (Fsp3) is 0.154. The molecule has 0 saturated heterocycles. The summed E-state index contributed by atoms with van der Waals surface area (Å²) in [5.74, 6) is -0.166. The molecule has 0 aliphatic heterocycles. The van der Waals surface area contributed by atoms with E-state index in [0.717, 1.165) is 5.56 Å². The third-order valence-electron chi connectivity index (χ3n) is 2.33. The fourth-order valence-electron chi connectivity index (χ4n) is 1.49. The van der Waals surface area contributed by atoms with Gasteiger partial charge in [-0.3, -0.25) is 4.98 Å². The first-order valence-electron chi connectivity index (χ1n) is 5.19. The maximum absolute atomic E-state index is 13.3. The van der Waals surface area contributed by atoms with E-state index in [1.165, 1.54) is 6.07 Å². The molecule has 0 amide bonds. The number of aromatic nitrogens is 1. The van der Waals surface area contributed by atoms with Crippen LogP contribution in [0.5, 0.6) is 0 Å². The lowest BCUT2D eigenvalue weighted by molar-refractivity contribution is -0.00100. The molecule has 0 aliphatic carbocycles. The zero-order valence-corrected chi connectivity index (χ0v) is 12.8. The molecule has 2 rings (SSSR count). The molecule has 0 fully saturated rings. The molecule has 0 bridgehead atoms. The minimum Gasteiger partial charge on any atom is -1.00 e. The van der Waals surface area contributed by atoms with Crippen LogP contribution in [0.25, 0.3) is 0 Å². The molecule has 1 N–H and O–H groups in total. The third-order valence-corrected chi connectivity index (χ3v) is 2.33.